The van der Waals surface area contributed by atoms with E-state index in [4.69, 9.17) is 14.2 Å². The van der Waals surface area contributed by atoms with Crippen molar-refractivity contribution in [3.8, 4) is 5.75 Å². The van der Waals surface area contributed by atoms with Crippen molar-refractivity contribution in [3.05, 3.63) is 35.4 Å². The van der Waals surface area contributed by atoms with Gasteiger partial charge in [0.2, 0.25) is 0 Å². The quantitative estimate of drug-likeness (QED) is 0.0615. The van der Waals surface area contributed by atoms with Gasteiger partial charge in [-0.15, -0.1) is 0 Å². The monoisotopic (exact) mass is 654 g/mol. The van der Waals surface area contributed by atoms with Crippen LogP contribution in [0.25, 0.3) is 6.08 Å². The van der Waals surface area contributed by atoms with E-state index in [0.29, 0.717) is 32.3 Å². The second-order valence-corrected chi connectivity index (χ2v) is 16.7. The number of benzene rings is 1. The lowest BCUT2D eigenvalue weighted by Gasteiger charge is -2.53. The van der Waals surface area contributed by atoms with Crippen LogP contribution in [-0.2, 0) is 19.1 Å². The van der Waals surface area contributed by atoms with Gasteiger partial charge in [-0.05, 0) is 99.7 Å². The average Bonchev–Trinajstić information content (AvgIpc) is 2.96. The third-order valence-electron chi connectivity index (χ3n) is 11.0. The Balaban J connectivity index is 1.72. The first-order chi connectivity index (χ1) is 21.9. The normalized spacial score (nSPS) is 21.2. The fourth-order valence-electron chi connectivity index (χ4n) is 7.61. The number of carbonyl (C=O) groups excluding carboxylic acids is 2. The van der Waals surface area contributed by atoms with Gasteiger partial charge in [0.15, 0.2) is 0 Å². The summed E-state index contributed by atoms with van der Waals surface area (Å²) in [7, 11) is 4.24. The van der Waals surface area contributed by atoms with Gasteiger partial charge in [-0.25, -0.2) is 9.59 Å². The molecule has 0 spiro atoms. The minimum Gasteiger partial charge on any atom is -0.494 e. The first kappa shape index (κ1) is 39.1. The molecule has 7 nitrogen and oxygen atoms in total. The van der Waals surface area contributed by atoms with Crippen molar-refractivity contribution in [2.24, 2.45) is 0 Å². The molecule has 0 saturated carbocycles. The van der Waals surface area contributed by atoms with Crippen LogP contribution in [0.5, 0.6) is 5.75 Å². The number of hydrogen-bond donors (Lipinski definition) is 0. The summed E-state index contributed by atoms with van der Waals surface area (Å²) >= 11 is 0. The van der Waals surface area contributed by atoms with Gasteiger partial charge in [-0.1, -0.05) is 64.0 Å². The predicted molar refractivity (Wildman–Crippen MR) is 193 cm³/mol. The van der Waals surface area contributed by atoms with Gasteiger partial charge in [0.1, 0.15) is 23.5 Å². The van der Waals surface area contributed by atoms with Crippen LogP contribution in [-0.4, -0.2) is 76.8 Å². The highest BCUT2D eigenvalue weighted by atomic mass is 16.6. The summed E-state index contributed by atoms with van der Waals surface area (Å²) in [5.74, 6) is -0.474. The maximum atomic E-state index is 13.8. The first-order valence-electron chi connectivity index (χ1n) is 18.2. The molecule has 1 aromatic carbocycles. The Bertz CT molecular complexity index is 1110. The van der Waals surface area contributed by atoms with Crippen LogP contribution in [0.1, 0.15) is 145 Å². The average molecular weight is 655 g/mol. The van der Waals surface area contributed by atoms with Gasteiger partial charge in [-0.2, -0.15) is 0 Å². The Morgan fingerprint density at radius 2 is 1.04 bits per heavy atom. The fourth-order valence-corrected chi connectivity index (χ4v) is 7.61. The Kier molecular flexibility index (Phi) is 13.6. The topological polar surface area (TPSA) is 68.3 Å². The van der Waals surface area contributed by atoms with E-state index in [1.807, 2.05) is 24.3 Å². The van der Waals surface area contributed by atoms with Crippen LogP contribution in [0.3, 0.4) is 0 Å². The lowest BCUT2D eigenvalue weighted by molar-refractivity contribution is -0.162. The molecule has 266 valence electrons. The number of hydrogen-bond acceptors (Lipinski definition) is 7. The number of rotatable bonds is 15. The van der Waals surface area contributed by atoms with Gasteiger partial charge in [0.05, 0.1) is 6.61 Å². The van der Waals surface area contributed by atoms with E-state index in [1.165, 1.54) is 44.9 Å². The van der Waals surface area contributed by atoms with E-state index in [0.717, 1.165) is 17.7 Å². The molecular weight excluding hydrogens is 588 g/mol. The van der Waals surface area contributed by atoms with Crippen molar-refractivity contribution in [1.82, 2.24) is 9.80 Å². The third kappa shape index (κ3) is 11.1. The number of unbranched alkanes of at least 4 members (excludes halogenated alkanes) is 7. The minimum atomic E-state index is -0.627. The van der Waals surface area contributed by atoms with Gasteiger partial charge in [0.25, 0.3) is 0 Å². The van der Waals surface area contributed by atoms with Crippen molar-refractivity contribution in [2.45, 2.75) is 174 Å². The van der Waals surface area contributed by atoms with Crippen molar-refractivity contribution < 1.29 is 23.8 Å². The molecule has 47 heavy (non-hydrogen) atoms. The largest absolute Gasteiger partial charge is 0.494 e. The van der Waals surface area contributed by atoms with Gasteiger partial charge >= 0.3 is 11.9 Å². The second-order valence-electron chi connectivity index (χ2n) is 16.7. The number of ether oxygens (including phenoxy) is 3. The zero-order valence-electron chi connectivity index (χ0n) is 31.7. The molecule has 2 aliphatic heterocycles. The Labute approximate surface area is 286 Å². The Morgan fingerprint density at radius 3 is 1.45 bits per heavy atom. The maximum Gasteiger partial charge on any atom is 0.345 e. The molecule has 0 aliphatic carbocycles. The van der Waals surface area contributed by atoms with E-state index >= 15 is 0 Å². The van der Waals surface area contributed by atoms with E-state index in [9.17, 15) is 9.59 Å². The molecule has 0 N–H and O–H groups in total. The van der Waals surface area contributed by atoms with E-state index < -0.39 is 11.9 Å². The number of esters is 2. The molecule has 1 aromatic rings. The number of nitrogens with zero attached hydrogens (tertiary/aromatic N) is 2. The smallest absolute Gasteiger partial charge is 0.345 e. The molecule has 0 atom stereocenters. The van der Waals surface area contributed by atoms with E-state index in [2.05, 4.69) is 86.2 Å². The molecule has 0 bridgehead atoms. The van der Waals surface area contributed by atoms with Crippen molar-refractivity contribution in [2.75, 3.05) is 20.7 Å². The summed E-state index contributed by atoms with van der Waals surface area (Å²) in [5.41, 5.74) is 0.0161. The summed E-state index contributed by atoms with van der Waals surface area (Å²) < 4.78 is 18.2. The summed E-state index contributed by atoms with van der Waals surface area (Å²) in [6.07, 6.45) is 13.8. The van der Waals surface area contributed by atoms with Crippen LogP contribution < -0.4 is 4.74 Å². The maximum absolute atomic E-state index is 13.8. The first-order valence-corrected chi connectivity index (χ1v) is 18.2. The molecule has 2 heterocycles. The summed E-state index contributed by atoms with van der Waals surface area (Å²) in [5, 5.41) is 0. The third-order valence-corrected chi connectivity index (χ3v) is 11.0. The molecule has 2 fully saturated rings. The molecule has 2 aliphatic rings. The number of carbonyl (C=O) groups is 2. The summed E-state index contributed by atoms with van der Waals surface area (Å²) in [4.78, 5) is 32.4. The van der Waals surface area contributed by atoms with Gasteiger partial charge in [-0.3, -0.25) is 9.80 Å². The molecule has 7 heteroatoms. The lowest BCUT2D eigenvalue weighted by atomic mass is 9.78. The zero-order chi connectivity index (χ0) is 35.0. The second kappa shape index (κ2) is 16.3. The molecular formula is C40H66N2O5. The Morgan fingerprint density at radius 1 is 0.660 bits per heavy atom. The zero-order valence-corrected chi connectivity index (χ0v) is 31.7. The predicted octanol–water partition coefficient (Wildman–Crippen LogP) is 8.98. The standard InChI is InChI=1S/C40H66N2O5/c1-12-13-14-15-16-17-18-19-24-45-31-22-20-30(21-23-31)25-34(35(43)46-32-26-37(2,3)41(10)38(4,5)27-32)36(44)47-33-28-39(6,7)42(11)40(8,9)29-33/h20-23,25,32-33H,12-19,24,26-29H2,1-11H3. The molecule has 0 unspecified atom stereocenters. The fraction of sp³-hybridized carbons (Fsp3) is 0.750. The van der Waals surface area contributed by atoms with E-state index in [-0.39, 0.29) is 39.9 Å². The molecule has 0 amide bonds. The molecule has 0 radical (unpaired) electrons. The summed E-state index contributed by atoms with van der Waals surface area (Å²) in [6.45, 7) is 20.3. The van der Waals surface area contributed by atoms with Crippen LogP contribution in [0, 0.1) is 0 Å². The summed E-state index contributed by atoms with van der Waals surface area (Å²) in [6, 6.07) is 7.56. The molecule has 3 rings (SSSR count). The minimum absolute atomic E-state index is 0.0679. The SMILES string of the molecule is CCCCCCCCCCOc1ccc(C=C(C(=O)OC2CC(C)(C)N(C)C(C)(C)C2)C(=O)OC2CC(C)(C)N(C)C(C)(C)C2)cc1. The number of piperidine rings is 2. The van der Waals surface area contributed by atoms with Gasteiger partial charge in [0, 0.05) is 47.8 Å². The number of likely N-dealkylation sites (tertiary alicyclic amines) is 2. The van der Waals surface area contributed by atoms with Crippen molar-refractivity contribution in [1.29, 1.82) is 0 Å². The van der Waals surface area contributed by atoms with Crippen LogP contribution in [0.4, 0.5) is 0 Å². The Hall–Kier alpha value is -2.38. The molecule has 2 saturated heterocycles. The highest BCUT2D eigenvalue weighted by Crippen LogP contribution is 2.40. The molecule has 0 aromatic heterocycles. The highest BCUT2D eigenvalue weighted by Gasteiger charge is 2.46. The van der Waals surface area contributed by atoms with E-state index in [1.54, 1.807) is 6.08 Å². The highest BCUT2D eigenvalue weighted by molar-refractivity contribution is 6.17. The van der Waals surface area contributed by atoms with Crippen molar-refractivity contribution in [3.63, 3.8) is 0 Å². The lowest BCUT2D eigenvalue weighted by Crippen LogP contribution is -2.60. The van der Waals surface area contributed by atoms with Crippen molar-refractivity contribution >= 4 is 18.0 Å². The van der Waals surface area contributed by atoms with Crippen LogP contribution in [0.2, 0.25) is 0 Å². The van der Waals surface area contributed by atoms with Crippen LogP contribution in [0.15, 0.2) is 29.8 Å². The van der Waals surface area contributed by atoms with Gasteiger partial charge < -0.3 is 14.2 Å². The van der Waals surface area contributed by atoms with Crippen LogP contribution >= 0.6 is 0 Å².